The Morgan fingerprint density at radius 1 is 0.762 bits per heavy atom. The molecular formula is C34H44N4O4. The molecule has 42 heavy (non-hydrogen) atoms. The lowest BCUT2D eigenvalue weighted by Gasteiger charge is -2.33. The van der Waals surface area contributed by atoms with Crippen LogP contribution in [0.4, 0.5) is 11.4 Å². The third-order valence-electron chi connectivity index (χ3n) is 9.30. The highest BCUT2D eigenvalue weighted by molar-refractivity contribution is 5.98. The van der Waals surface area contributed by atoms with Crippen LogP contribution in [0.15, 0.2) is 48.5 Å². The standard InChI is InChI=1S/C34H44N4O4/c1-37(30-12-3-2-4-13-30)33(41)27-10-7-11-29(23-27)35-31(39)22-24-14-16-28(17-15-24)36-32(40)25-18-20-38(21-19-25)34(42)26-8-5-6-9-26/h7,10-11,14-17,23,25-26,30H,2-6,8-9,12-13,18-22H2,1H3,(H,35,39)(H,36,40). The van der Waals surface area contributed by atoms with Crippen molar-refractivity contribution in [3.8, 4) is 0 Å². The molecule has 2 aliphatic carbocycles. The summed E-state index contributed by atoms with van der Waals surface area (Å²) in [7, 11) is 1.87. The summed E-state index contributed by atoms with van der Waals surface area (Å²) in [6.07, 6.45) is 11.5. The first-order valence-electron chi connectivity index (χ1n) is 15.7. The number of carbonyl (C=O) groups excluding carboxylic acids is 4. The van der Waals surface area contributed by atoms with Gasteiger partial charge in [-0.2, -0.15) is 0 Å². The van der Waals surface area contributed by atoms with Gasteiger partial charge in [-0.15, -0.1) is 0 Å². The Balaban J connectivity index is 1.07. The van der Waals surface area contributed by atoms with Crippen molar-refractivity contribution in [3.63, 3.8) is 0 Å². The van der Waals surface area contributed by atoms with Crippen LogP contribution >= 0.6 is 0 Å². The molecule has 8 heteroatoms. The van der Waals surface area contributed by atoms with Crippen LogP contribution in [0.25, 0.3) is 0 Å². The van der Waals surface area contributed by atoms with E-state index in [1.54, 1.807) is 24.3 Å². The minimum atomic E-state index is -0.170. The predicted octanol–water partition coefficient (Wildman–Crippen LogP) is 5.64. The van der Waals surface area contributed by atoms with Crippen molar-refractivity contribution in [3.05, 3.63) is 59.7 Å². The van der Waals surface area contributed by atoms with Gasteiger partial charge in [0.15, 0.2) is 0 Å². The molecule has 0 bridgehead atoms. The topological polar surface area (TPSA) is 98.8 Å². The summed E-state index contributed by atoms with van der Waals surface area (Å²) in [6.45, 7) is 1.30. The molecule has 1 heterocycles. The second-order valence-corrected chi connectivity index (χ2v) is 12.3. The second-order valence-electron chi connectivity index (χ2n) is 12.3. The second kappa shape index (κ2) is 14.0. The maximum atomic E-state index is 13.0. The SMILES string of the molecule is CN(C(=O)c1cccc(NC(=O)Cc2ccc(NC(=O)C3CCN(C(=O)C4CCCC4)CC3)cc2)c1)C1CCCCC1. The molecule has 0 spiro atoms. The van der Waals surface area contributed by atoms with Crippen molar-refractivity contribution in [2.45, 2.75) is 83.1 Å². The summed E-state index contributed by atoms with van der Waals surface area (Å²) >= 11 is 0. The number of amides is 4. The van der Waals surface area contributed by atoms with Gasteiger partial charge in [0, 0.05) is 55.0 Å². The van der Waals surface area contributed by atoms with Gasteiger partial charge in [-0.1, -0.05) is 50.3 Å². The van der Waals surface area contributed by atoms with Crippen molar-refractivity contribution in [2.24, 2.45) is 11.8 Å². The maximum Gasteiger partial charge on any atom is 0.253 e. The quantitative estimate of drug-likeness (QED) is 0.428. The van der Waals surface area contributed by atoms with E-state index in [2.05, 4.69) is 10.6 Å². The third-order valence-corrected chi connectivity index (χ3v) is 9.30. The van der Waals surface area contributed by atoms with Crippen molar-refractivity contribution >= 4 is 35.0 Å². The molecule has 224 valence electrons. The lowest BCUT2D eigenvalue weighted by molar-refractivity contribution is -0.138. The summed E-state index contributed by atoms with van der Waals surface area (Å²) in [5.41, 5.74) is 2.70. The first-order valence-corrected chi connectivity index (χ1v) is 15.7. The fourth-order valence-corrected chi connectivity index (χ4v) is 6.70. The van der Waals surface area contributed by atoms with E-state index >= 15 is 0 Å². The van der Waals surface area contributed by atoms with Gasteiger partial charge in [0.2, 0.25) is 17.7 Å². The summed E-state index contributed by atoms with van der Waals surface area (Å²) in [5, 5.41) is 5.92. The Bertz CT molecular complexity index is 1260. The number of hydrogen-bond acceptors (Lipinski definition) is 4. The van der Waals surface area contributed by atoms with E-state index < -0.39 is 0 Å². The molecule has 3 aliphatic rings. The number of nitrogens with zero attached hydrogens (tertiary/aromatic N) is 2. The number of nitrogens with one attached hydrogen (secondary N) is 2. The van der Waals surface area contributed by atoms with Gasteiger partial charge >= 0.3 is 0 Å². The number of carbonyl (C=O) groups is 4. The van der Waals surface area contributed by atoms with Gasteiger partial charge < -0.3 is 20.4 Å². The molecule has 2 aromatic rings. The molecule has 8 nitrogen and oxygen atoms in total. The van der Waals surface area contributed by atoms with E-state index in [0.29, 0.717) is 42.9 Å². The summed E-state index contributed by atoms with van der Waals surface area (Å²) < 4.78 is 0. The Labute approximate surface area is 249 Å². The Morgan fingerprint density at radius 3 is 2.12 bits per heavy atom. The van der Waals surface area contributed by atoms with Gasteiger partial charge in [-0.25, -0.2) is 0 Å². The predicted molar refractivity (Wildman–Crippen MR) is 164 cm³/mol. The highest BCUT2D eigenvalue weighted by atomic mass is 16.2. The lowest BCUT2D eigenvalue weighted by Crippen LogP contribution is -2.43. The zero-order chi connectivity index (χ0) is 29.5. The fourth-order valence-electron chi connectivity index (χ4n) is 6.70. The van der Waals surface area contributed by atoms with Gasteiger partial charge in [-0.3, -0.25) is 19.2 Å². The molecule has 1 saturated heterocycles. The number of piperidine rings is 1. The average molecular weight is 573 g/mol. The number of hydrogen-bond donors (Lipinski definition) is 2. The van der Waals surface area contributed by atoms with Crippen LogP contribution in [-0.2, 0) is 20.8 Å². The minimum Gasteiger partial charge on any atom is -0.342 e. The zero-order valence-corrected chi connectivity index (χ0v) is 24.8. The van der Waals surface area contributed by atoms with Crippen LogP contribution < -0.4 is 10.6 Å². The molecule has 0 aromatic heterocycles. The molecule has 0 atom stereocenters. The van der Waals surface area contributed by atoms with Gasteiger partial charge in [0.25, 0.3) is 5.91 Å². The van der Waals surface area contributed by atoms with E-state index in [0.717, 1.165) is 56.9 Å². The smallest absolute Gasteiger partial charge is 0.253 e. The van der Waals surface area contributed by atoms with Crippen LogP contribution in [0.5, 0.6) is 0 Å². The van der Waals surface area contributed by atoms with Gasteiger partial charge in [-0.05, 0) is 74.4 Å². The molecule has 3 fully saturated rings. The Morgan fingerprint density at radius 2 is 1.43 bits per heavy atom. The molecule has 5 rings (SSSR count). The summed E-state index contributed by atoms with van der Waals surface area (Å²) in [5.74, 6) is 0.151. The van der Waals surface area contributed by atoms with Gasteiger partial charge in [0.1, 0.15) is 0 Å². The first kappa shape index (κ1) is 29.8. The largest absolute Gasteiger partial charge is 0.342 e. The van der Waals surface area contributed by atoms with Crippen LogP contribution in [0.3, 0.4) is 0 Å². The summed E-state index contributed by atoms with van der Waals surface area (Å²) in [4.78, 5) is 55.2. The van der Waals surface area contributed by atoms with Crippen LogP contribution in [-0.4, -0.2) is 59.6 Å². The Kier molecular flexibility index (Phi) is 9.93. The van der Waals surface area contributed by atoms with Crippen molar-refractivity contribution in [1.29, 1.82) is 0 Å². The molecule has 4 amide bonds. The normalized spacial score (nSPS) is 18.5. The average Bonchev–Trinajstić information content (AvgIpc) is 3.57. The van der Waals surface area contributed by atoms with Gasteiger partial charge in [0.05, 0.1) is 6.42 Å². The van der Waals surface area contributed by atoms with Crippen molar-refractivity contribution in [2.75, 3.05) is 30.8 Å². The molecule has 0 unspecified atom stereocenters. The minimum absolute atomic E-state index is 0.0150. The molecule has 2 N–H and O–H groups in total. The molecule has 2 aromatic carbocycles. The summed E-state index contributed by atoms with van der Waals surface area (Å²) in [6, 6.07) is 14.7. The molecular weight excluding hydrogens is 528 g/mol. The van der Waals surface area contributed by atoms with Crippen molar-refractivity contribution < 1.29 is 19.2 Å². The lowest BCUT2D eigenvalue weighted by atomic mass is 9.94. The number of likely N-dealkylation sites (tertiary alicyclic amines) is 1. The van der Waals surface area contributed by atoms with Crippen molar-refractivity contribution in [1.82, 2.24) is 9.80 Å². The number of benzene rings is 2. The van der Waals surface area contributed by atoms with E-state index in [-0.39, 0.29) is 47.9 Å². The maximum absolute atomic E-state index is 13.0. The van der Waals surface area contributed by atoms with E-state index in [1.165, 1.54) is 6.42 Å². The zero-order valence-electron chi connectivity index (χ0n) is 24.8. The molecule has 2 saturated carbocycles. The third kappa shape index (κ3) is 7.58. The van der Waals surface area contributed by atoms with Crippen LogP contribution in [0, 0.1) is 11.8 Å². The molecule has 1 aliphatic heterocycles. The molecule has 0 radical (unpaired) electrons. The van der Waals surface area contributed by atoms with Crippen LogP contribution in [0.1, 0.15) is 86.6 Å². The Hall–Kier alpha value is -3.68. The fraction of sp³-hybridized carbons (Fsp3) is 0.529. The number of rotatable bonds is 8. The monoisotopic (exact) mass is 572 g/mol. The number of anilines is 2. The van der Waals surface area contributed by atoms with Crippen LogP contribution in [0.2, 0.25) is 0 Å². The first-order chi connectivity index (χ1) is 20.4. The van der Waals surface area contributed by atoms with E-state index in [1.807, 2.05) is 41.1 Å². The van der Waals surface area contributed by atoms with E-state index in [9.17, 15) is 19.2 Å². The highest BCUT2D eigenvalue weighted by Gasteiger charge is 2.32. The highest BCUT2D eigenvalue weighted by Crippen LogP contribution is 2.29. The van der Waals surface area contributed by atoms with E-state index in [4.69, 9.17) is 0 Å².